The number of hydrogen-bond donors (Lipinski definition) is 0. The molecule has 0 bridgehead atoms. The number of rotatable bonds is 7. The second kappa shape index (κ2) is 12.5. The van der Waals surface area contributed by atoms with E-state index in [1.807, 2.05) is 18.2 Å². The molecule has 4 heterocycles. The van der Waals surface area contributed by atoms with Gasteiger partial charge in [-0.15, -0.1) is 0 Å². The fourth-order valence-electron chi connectivity index (χ4n) is 8.31. The predicted octanol–water partition coefficient (Wildman–Crippen LogP) is 12.6. The van der Waals surface area contributed by atoms with Crippen LogP contribution in [-0.2, 0) is 6.42 Å². The molecule has 6 nitrogen and oxygen atoms in total. The molecule has 0 atom stereocenters. The minimum Gasteiger partial charge on any atom is -0.456 e. The zero-order chi connectivity index (χ0) is 36.5. The highest BCUT2D eigenvalue weighted by Gasteiger charge is 2.21. The van der Waals surface area contributed by atoms with Gasteiger partial charge in [-0.05, 0) is 73.0 Å². The Morgan fingerprint density at radius 3 is 1.78 bits per heavy atom. The number of aryl methyl sites for hydroxylation is 1. The molecular formula is C49H35N5O. The van der Waals surface area contributed by atoms with Crippen molar-refractivity contribution in [3.05, 3.63) is 163 Å². The van der Waals surface area contributed by atoms with Gasteiger partial charge in [-0.3, -0.25) is 4.57 Å². The summed E-state index contributed by atoms with van der Waals surface area (Å²) in [5.41, 5.74) is 10.3. The number of unbranched alkanes of at least 4 members (excludes halogenated alkanes) is 1. The molecule has 6 heteroatoms. The Bertz CT molecular complexity index is 3250. The van der Waals surface area contributed by atoms with Crippen LogP contribution in [-0.4, -0.2) is 24.1 Å². The topological polar surface area (TPSA) is 61.7 Å². The molecule has 0 saturated carbocycles. The van der Waals surface area contributed by atoms with Gasteiger partial charge in [0.05, 0.1) is 22.1 Å². The number of hydrogen-bond acceptors (Lipinski definition) is 4. The highest BCUT2D eigenvalue weighted by molar-refractivity contribution is 6.19. The van der Waals surface area contributed by atoms with Crippen LogP contribution in [0.25, 0.3) is 100.0 Å². The van der Waals surface area contributed by atoms with Gasteiger partial charge in [-0.1, -0.05) is 116 Å². The van der Waals surface area contributed by atoms with Crippen LogP contribution >= 0.6 is 0 Å². The van der Waals surface area contributed by atoms with Gasteiger partial charge in [0.1, 0.15) is 11.2 Å². The largest absolute Gasteiger partial charge is 0.456 e. The number of benzene rings is 7. The molecular weight excluding hydrogens is 675 g/mol. The average Bonchev–Trinajstić information content (AvgIpc) is 3.89. The number of nitrogens with zero attached hydrogens (tertiary/aromatic N) is 5. The van der Waals surface area contributed by atoms with Crippen LogP contribution in [0.2, 0.25) is 0 Å². The van der Waals surface area contributed by atoms with Gasteiger partial charge < -0.3 is 8.98 Å². The molecule has 55 heavy (non-hydrogen) atoms. The number of aromatic nitrogens is 5. The lowest BCUT2D eigenvalue weighted by atomic mass is 10.0. The van der Waals surface area contributed by atoms with Crippen LogP contribution < -0.4 is 0 Å². The average molecular weight is 710 g/mol. The van der Waals surface area contributed by atoms with Gasteiger partial charge in [0.2, 0.25) is 5.95 Å². The van der Waals surface area contributed by atoms with E-state index in [0.717, 1.165) is 85.3 Å². The molecule has 11 rings (SSSR count). The van der Waals surface area contributed by atoms with Crippen LogP contribution in [0.1, 0.15) is 25.3 Å². The van der Waals surface area contributed by atoms with Gasteiger partial charge in [0.25, 0.3) is 0 Å². The van der Waals surface area contributed by atoms with Gasteiger partial charge in [-0.2, -0.15) is 9.97 Å². The summed E-state index contributed by atoms with van der Waals surface area (Å²) in [5.74, 6) is 1.75. The quantitative estimate of drug-likeness (QED) is 0.165. The smallest absolute Gasteiger partial charge is 0.238 e. The molecule has 0 aliphatic rings. The van der Waals surface area contributed by atoms with Crippen molar-refractivity contribution < 1.29 is 4.42 Å². The van der Waals surface area contributed by atoms with Gasteiger partial charge in [-0.25, -0.2) is 4.98 Å². The Labute approximate surface area is 317 Å². The second-order valence-electron chi connectivity index (χ2n) is 14.3. The van der Waals surface area contributed by atoms with Crippen LogP contribution in [0.15, 0.2) is 162 Å². The van der Waals surface area contributed by atoms with E-state index in [0.29, 0.717) is 17.6 Å². The van der Waals surface area contributed by atoms with Crippen LogP contribution in [0.3, 0.4) is 0 Å². The lowest BCUT2D eigenvalue weighted by Crippen LogP contribution is -2.06. The number of furan rings is 1. The highest BCUT2D eigenvalue weighted by Crippen LogP contribution is 2.40. The monoisotopic (exact) mass is 709 g/mol. The first-order valence-electron chi connectivity index (χ1n) is 19.0. The molecule has 4 aromatic heterocycles. The van der Waals surface area contributed by atoms with E-state index >= 15 is 0 Å². The van der Waals surface area contributed by atoms with Crippen molar-refractivity contribution >= 4 is 65.6 Å². The third-order valence-electron chi connectivity index (χ3n) is 11.0. The van der Waals surface area contributed by atoms with E-state index in [9.17, 15) is 0 Å². The first-order chi connectivity index (χ1) is 27.2. The van der Waals surface area contributed by atoms with Crippen LogP contribution in [0.5, 0.6) is 0 Å². The molecule has 0 aliphatic carbocycles. The van der Waals surface area contributed by atoms with E-state index in [1.54, 1.807) is 0 Å². The molecule has 7 aromatic carbocycles. The van der Waals surface area contributed by atoms with E-state index in [1.165, 1.54) is 21.9 Å². The number of para-hydroxylation sites is 3. The normalized spacial score (nSPS) is 11.9. The fraction of sp³-hybridized carbons (Fsp3) is 0.0816. The number of fused-ring (bicyclic) bond motifs is 9. The molecule has 11 aromatic rings. The summed E-state index contributed by atoms with van der Waals surface area (Å²) in [6.45, 7) is 2.22. The highest BCUT2D eigenvalue weighted by atomic mass is 16.3. The van der Waals surface area contributed by atoms with E-state index < -0.39 is 0 Å². The van der Waals surface area contributed by atoms with Crippen LogP contribution in [0.4, 0.5) is 0 Å². The fourth-order valence-corrected chi connectivity index (χ4v) is 8.31. The van der Waals surface area contributed by atoms with Crippen molar-refractivity contribution in [2.24, 2.45) is 0 Å². The molecule has 0 saturated heterocycles. The van der Waals surface area contributed by atoms with Crippen molar-refractivity contribution in [1.29, 1.82) is 0 Å². The maximum Gasteiger partial charge on any atom is 0.238 e. The molecule has 0 spiro atoms. The van der Waals surface area contributed by atoms with Crippen molar-refractivity contribution in [1.82, 2.24) is 24.1 Å². The Morgan fingerprint density at radius 2 is 1.05 bits per heavy atom. The predicted molar refractivity (Wildman–Crippen MR) is 225 cm³/mol. The van der Waals surface area contributed by atoms with Crippen molar-refractivity contribution in [2.45, 2.75) is 26.2 Å². The second-order valence-corrected chi connectivity index (χ2v) is 14.3. The third-order valence-corrected chi connectivity index (χ3v) is 11.0. The zero-order valence-corrected chi connectivity index (χ0v) is 30.3. The summed E-state index contributed by atoms with van der Waals surface area (Å²) in [6, 6.07) is 55.5. The molecule has 262 valence electrons. The molecule has 0 fully saturated rings. The lowest BCUT2D eigenvalue weighted by molar-refractivity contribution is 0.667. The van der Waals surface area contributed by atoms with E-state index in [2.05, 4.69) is 156 Å². The summed E-state index contributed by atoms with van der Waals surface area (Å²) in [6.07, 6.45) is 3.37. The van der Waals surface area contributed by atoms with Crippen molar-refractivity contribution in [3.63, 3.8) is 0 Å². The maximum atomic E-state index is 6.50. The summed E-state index contributed by atoms with van der Waals surface area (Å²) in [7, 11) is 0. The Balaban J connectivity index is 1.17. The van der Waals surface area contributed by atoms with Gasteiger partial charge in [0.15, 0.2) is 11.6 Å². The lowest BCUT2D eigenvalue weighted by Gasteiger charge is -2.11. The van der Waals surface area contributed by atoms with E-state index in [-0.39, 0.29) is 0 Å². The first-order valence-corrected chi connectivity index (χ1v) is 19.0. The molecule has 0 N–H and O–H groups in total. The molecule has 0 amide bonds. The Morgan fingerprint density at radius 1 is 0.455 bits per heavy atom. The summed E-state index contributed by atoms with van der Waals surface area (Å²) in [4.78, 5) is 15.6. The Hall–Kier alpha value is -7.05. The van der Waals surface area contributed by atoms with Crippen LogP contribution in [0, 0.1) is 0 Å². The maximum absolute atomic E-state index is 6.50. The summed E-state index contributed by atoms with van der Waals surface area (Å²) >= 11 is 0. The Kier molecular flexibility index (Phi) is 7.17. The van der Waals surface area contributed by atoms with Gasteiger partial charge >= 0.3 is 0 Å². The van der Waals surface area contributed by atoms with E-state index in [4.69, 9.17) is 19.4 Å². The molecule has 0 aliphatic heterocycles. The van der Waals surface area contributed by atoms with Crippen molar-refractivity contribution in [3.8, 4) is 34.4 Å². The zero-order valence-electron chi connectivity index (χ0n) is 30.3. The molecule has 0 unspecified atom stereocenters. The minimum absolute atomic E-state index is 0.557. The summed E-state index contributed by atoms with van der Waals surface area (Å²) < 4.78 is 11.1. The van der Waals surface area contributed by atoms with Crippen molar-refractivity contribution in [2.75, 3.05) is 0 Å². The third kappa shape index (κ3) is 5.06. The first kappa shape index (κ1) is 31.5. The molecule has 0 radical (unpaired) electrons. The van der Waals surface area contributed by atoms with Gasteiger partial charge in [0, 0.05) is 49.1 Å². The minimum atomic E-state index is 0.557. The SMILES string of the molecule is CCCCc1ccc2c(c1)oc1cc(-c3nc(-c4ccccc4)nc(-n4c5ccccc5c5cc6c7ccccc7n(-c7ccccc7)c6cc54)n3)ccc12. The summed E-state index contributed by atoms with van der Waals surface area (Å²) in [5, 5.41) is 6.90. The standard InChI is InChI=1S/C49H35N5O/c1-2-3-14-31-23-25-37-38-26-24-33(28-46(38)55-45(37)27-31)48-50-47(32-15-6-4-7-16-32)51-49(52-48)54-42-22-13-11-20-36(42)40-29-39-35-19-10-12-21-41(35)53(43(39)30-44(40)54)34-17-8-5-9-18-34/h4-13,15-30H,2-3,14H2,1H3.